The minimum Gasteiger partial charge on any atom is -0.481 e. The smallest absolute Gasteiger partial charge is 0.265 e. The second-order valence-electron chi connectivity index (χ2n) is 6.65. The lowest BCUT2D eigenvalue weighted by Gasteiger charge is -2.33. The van der Waals surface area contributed by atoms with Gasteiger partial charge in [0.15, 0.2) is 6.61 Å². The first-order valence-corrected chi connectivity index (χ1v) is 8.77. The topological polar surface area (TPSA) is 97.6 Å². The largest absolute Gasteiger partial charge is 0.481 e. The van der Waals surface area contributed by atoms with Crippen molar-refractivity contribution in [1.82, 2.24) is 10.3 Å². The Kier molecular flexibility index (Phi) is 3.40. The summed E-state index contributed by atoms with van der Waals surface area (Å²) in [5.41, 5.74) is 4.64. The van der Waals surface area contributed by atoms with Crippen LogP contribution in [0.2, 0.25) is 0 Å². The molecule has 0 radical (unpaired) electrons. The molecule has 5 rings (SSSR count). The Balaban J connectivity index is 1.66. The van der Waals surface area contributed by atoms with Gasteiger partial charge in [0.25, 0.3) is 5.91 Å². The summed E-state index contributed by atoms with van der Waals surface area (Å²) in [5, 5.41) is 10.6. The van der Waals surface area contributed by atoms with Crippen molar-refractivity contribution in [2.75, 3.05) is 23.4 Å². The fraction of sp³-hybridized carbons (Fsp3) is 0.263. The second-order valence-corrected chi connectivity index (χ2v) is 6.65. The van der Waals surface area contributed by atoms with E-state index in [0.29, 0.717) is 35.4 Å². The zero-order valence-electron chi connectivity index (χ0n) is 14.6. The zero-order chi connectivity index (χ0) is 18.5. The number of benzene rings is 2. The fourth-order valence-corrected chi connectivity index (χ4v) is 3.82. The standard InChI is InChI=1S/C19H16N4O4/c1-2-23-16-6-12-11(10-3-4-13-15(5-10)22-27-21-13)7-18(24)20-14(12)8-17(16)26-9-19(23)25/h3-6,8,11H,2,7,9H2,1H3,(H,20,24). The summed E-state index contributed by atoms with van der Waals surface area (Å²) in [4.78, 5) is 26.2. The summed E-state index contributed by atoms with van der Waals surface area (Å²) >= 11 is 0. The summed E-state index contributed by atoms with van der Waals surface area (Å²) in [6, 6.07) is 9.40. The van der Waals surface area contributed by atoms with Crippen molar-refractivity contribution in [1.29, 1.82) is 0 Å². The Morgan fingerprint density at radius 2 is 2.04 bits per heavy atom. The highest BCUT2D eigenvalue weighted by Crippen LogP contribution is 2.44. The van der Waals surface area contributed by atoms with E-state index >= 15 is 0 Å². The molecular formula is C19H16N4O4. The van der Waals surface area contributed by atoms with Crippen molar-refractivity contribution >= 4 is 34.2 Å². The summed E-state index contributed by atoms with van der Waals surface area (Å²) in [6.07, 6.45) is 0.309. The van der Waals surface area contributed by atoms with Crippen LogP contribution in [0.15, 0.2) is 35.0 Å². The SMILES string of the molecule is CCN1C(=O)COc2cc3c(cc21)C(c1ccc2nonc2c1)CC(=O)N3. The van der Waals surface area contributed by atoms with Crippen LogP contribution < -0.4 is 15.0 Å². The maximum Gasteiger partial charge on any atom is 0.265 e. The van der Waals surface area contributed by atoms with Gasteiger partial charge in [-0.1, -0.05) is 6.07 Å². The maximum absolute atomic E-state index is 12.3. The highest BCUT2D eigenvalue weighted by atomic mass is 16.6. The minimum atomic E-state index is -0.157. The summed E-state index contributed by atoms with van der Waals surface area (Å²) in [6.45, 7) is 2.49. The summed E-state index contributed by atoms with van der Waals surface area (Å²) in [7, 11) is 0. The number of hydrogen-bond acceptors (Lipinski definition) is 6. The minimum absolute atomic E-state index is 0.00677. The second kappa shape index (κ2) is 5.80. The molecule has 2 aromatic carbocycles. The Bertz CT molecular complexity index is 1090. The first-order valence-electron chi connectivity index (χ1n) is 8.77. The number of aromatic nitrogens is 2. The summed E-state index contributed by atoms with van der Waals surface area (Å²) < 4.78 is 10.4. The molecule has 0 fully saturated rings. The lowest BCUT2D eigenvalue weighted by atomic mass is 9.84. The van der Waals surface area contributed by atoms with Gasteiger partial charge in [-0.05, 0) is 46.6 Å². The summed E-state index contributed by atoms with van der Waals surface area (Å²) in [5.74, 6) is 0.310. The first-order chi connectivity index (χ1) is 13.1. The van der Waals surface area contributed by atoms with Gasteiger partial charge in [0.2, 0.25) is 5.91 Å². The third kappa shape index (κ3) is 2.44. The van der Waals surface area contributed by atoms with Crippen LogP contribution in [0.3, 0.4) is 0 Å². The van der Waals surface area contributed by atoms with E-state index in [-0.39, 0.29) is 24.3 Å². The number of fused-ring (bicyclic) bond motifs is 3. The Morgan fingerprint density at radius 1 is 1.19 bits per heavy atom. The number of anilines is 2. The molecule has 0 spiro atoms. The molecule has 136 valence electrons. The number of carbonyl (C=O) groups excluding carboxylic acids is 2. The van der Waals surface area contributed by atoms with E-state index in [1.807, 2.05) is 31.2 Å². The van der Waals surface area contributed by atoms with Crippen LogP contribution in [0.4, 0.5) is 11.4 Å². The van der Waals surface area contributed by atoms with Crippen molar-refractivity contribution in [3.8, 4) is 5.75 Å². The molecule has 2 aliphatic heterocycles. The van der Waals surface area contributed by atoms with Gasteiger partial charge in [-0.3, -0.25) is 9.59 Å². The van der Waals surface area contributed by atoms with Gasteiger partial charge < -0.3 is 15.0 Å². The van der Waals surface area contributed by atoms with Crippen LogP contribution in [-0.4, -0.2) is 35.3 Å². The van der Waals surface area contributed by atoms with E-state index < -0.39 is 0 Å². The van der Waals surface area contributed by atoms with E-state index in [1.54, 1.807) is 11.0 Å². The van der Waals surface area contributed by atoms with Crippen LogP contribution in [-0.2, 0) is 9.59 Å². The number of likely N-dealkylation sites (N-methyl/N-ethyl adjacent to an activating group) is 1. The molecule has 27 heavy (non-hydrogen) atoms. The van der Waals surface area contributed by atoms with Crippen LogP contribution in [0, 0.1) is 0 Å². The molecule has 2 amide bonds. The number of hydrogen-bond donors (Lipinski definition) is 1. The monoisotopic (exact) mass is 364 g/mol. The predicted octanol–water partition coefficient (Wildman–Crippen LogP) is 2.44. The molecule has 2 aliphatic rings. The van der Waals surface area contributed by atoms with E-state index in [1.165, 1.54) is 0 Å². The highest BCUT2D eigenvalue weighted by Gasteiger charge is 2.32. The van der Waals surface area contributed by atoms with Crippen molar-refractivity contribution in [3.05, 3.63) is 41.5 Å². The molecule has 1 atom stereocenters. The van der Waals surface area contributed by atoms with Crippen LogP contribution >= 0.6 is 0 Å². The van der Waals surface area contributed by atoms with Gasteiger partial charge in [-0.2, -0.15) is 0 Å². The van der Waals surface area contributed by atoms with Crippen LogP contribution in [0.5, 0.6) is 5.75 Å². The number of carbonyl (C=O) groups is 2. The normalized spacial score (nSPS) is 18.7. The lowest BCUT2D eigenvalue weighted by molar-refractivity contribution is -0.121. The van der Waals surface area contributed by atoms with Gasteiger partial charge in [0.1, 0.15) is 16.8 Å². The van der Waals surface area contributed by atoms with E-state index in [9.17, 15) is 9.59 Å². The fourth-order valence-electron chi connectivity index (χ4n) is 3.82. The molecule has 3 heterocycles. The highest BCUT2D eigenvalue weighted by molar-refractivity contribution is 6.01. The van der Waals surface area contributed by atoms with Gasteiger partial charge in [0, 0.05) is 30.6 Å². The van der Waals surface area contributed by atoms with E-state index in [2.05, 4.69) is 15.6 Å². The molecule has 0 saturated carbocycles. The Labute approximate surface area is 154 Å². The molecular weight excluding hydrogens is 348 g/mol. The Morgan fingerprint density at radius 3 is 2.89 bits per heavy atom. The molecule has 3 aromatic rings. The number of nitrogens with one attached hydrogen (secondary N) is 1. The molecule has 8 nitrogen and oxygen atoms in total. The van der Waals surface area contributed by atoms with Gasteiger partial charge in [-0.15, -0.1) is 0 Å². The average molecular weight is 364 g/mol. The molecule has 0 saturated heterocycles. The number of amides is 2. The molecule has 8 heteroatoms. The van der Waals surface area contributed by atoms with Crippen molar-refractivity contribution in [2.24, 2.45) is 0 Å². The van der Waals surface area contributed by atoms with Crippen molar-refractivity contribution in [3.63, 3.8) is 0 Å². The van der Waals surface area contributed by atoms with Crippen molar-refractivity contribution in [2.45, 2.75) is 19.3 Å². The third-order valence-electron chi connectivity index (χ3n) is 5.11. The maximum atomic E-state index is 12.3. The van der Waals surface area contributed by atoms with Crippen LogP contribution in [0.1, 0.15) is 30.4 Å². The quantitative estimate of drug-likeness (QED) is 0.750. The lowest BCUT2D eigenvalue weighted by Crippen LogP contribution is -2.39. The average Bonchev–Trinajstić information content (AvgIpc) is 3.14. The number of ether oxygens (including phenoxy) is 1. The molecule has 0 bridgehead atoms. The van der Waals surface area contributed by atoms with E-state index in [0.717, 1.165) is 16.8 Å². The van der Waals surface area contributed by atoms with E-state index in [4.69, 9.17) is 9.37 Å². The molecule has 0 aliphatic carbocycles. The Hall–Kier alpha value is -3.42. The van der Waals surface area contributed by atoms with Gasteiger partial charge in [-0.25, -0.2) is 4.63 Å². The van der Waals surface area contributed by atoms with Crippen LogP contribution in [0.25, 0.3) is 11.0 Å². The molecule has 1 aromatic heterocycles. The van der Waals surface area contributed by atoms with Gasteiger partial charge >= 0.3 is 0 Å². The number of rotatable bonds is 2. The first kappa shape index (κ1) is 15.8. The molecule has 1 N–H and O–H groups in total. The molecule has 1 unspecified atom stereocenters. The van der Waals surface area contributed by atoms with Gasteiger partial charge in [0.05, 0.1) is 5.69 Å². The zero-order valence-corrected chi connectivity index (χ0v) is 14.6. The third-order valence-corrected chi connectivity index (χ3v) is 5.11. The van der Waals surface area contributed by atoms with Crippen molar-refractivity contribution < 1.29 is 19.0 Å². The predicted molar refractivity (Wildman–Crippen MR) is 96.9 cm³/mol. The number of nitrogens with zero attached hydrogens (tertiary/aromatic N) is 3.